The highest BCUT2D eigenvalue weighted by molar-refractivity contribution is 5.89. The third-order valence-electron chi connectivity index (χ3n) is 4.47. The Hall–Kier alpha value is -3.48. The van der Waals surface area contributed by atoms with Crippen LogP contribution < -0.4 is 15.4 Å². The molecule has 3 aromatic rings. The molecule has 0 aromatic heterocycles. The topological polar surface area (TPSA) is 50.4 Å². The third-order valence-corrected chi connectivity index (χ3v) is 4.47. The lowest BCUT2D eigenvalue weighted by molar-refractivity contribution is -0.274. The number of halogens is 3. The zero-order valence-electron chi connectivity index (χ0n) is 16.0. The van der Waals surface area contributed by atoms with E-state index in [-0.39, 0.29) is 11.7 Å². The molecule has 0 fully saturated rings. The molecular weight excluding hydrogens is 393 g/mol. The van der Waals surface area contributed by atoms with E-state index in [0.29, 0.717) is 18.7 Å². The van der Waals surface area contributed by atoms with Crippen molar-refractivity contribution in [2.75, 3.05) is 11.9 Å². The van der Waals surface area contributed by atoms with Crippen LogP contribution in [-0.4, -0.2) is 18.9 Å². The Morgan fingerprint density at radius 1 is 0.833 bits per heavy atom. The van der Waals surface area contributed by atoms with Gasteiger partial charge in [-0.2, -0.15) is 0 Å². The van der Waals surface area contributed by atoms with Crippen LogP contribution in [-0.2, 0) is 0 Å². The second-order valence-electron chi connectivity index (χ2n) is 6.62. The Labute approximate surface area is 172 Å². The number of anilines is 1. The first-order valence-corrected chi connectivity index (χ1v) is 9.41. The van der Waals surface area contributed by atoms with Crippen molar-refractivity contribution >= 4 is 11.7 Å². The van der Waals surface area contributed by atoms with Gasteiger partial charge in [-0.05, 0) is 41.8 Å². The summed E-state index contributed by atoms with van der Waals surface area (Å²) in [4.78, 5) is 12.1. The molecule has 0 atom stereocenters. The summed E-state index contributed by atoms with van der Waals surface area (Å²) >= 11 is 0. The van der Waals surface area contributed by atoms with Crippen molar-refractivity contribution in [3.8, 4) is 5.75 Å². The third kappa shape index (κ3) is 6.55. The van der Waals surface area contributed by atoms with Gasteiger partial charge in [0.25, 0.3) is 0 Å². The molecule has 0 aliphatic heterocycles. The number of hydrogen-bond donors (Lipinski definition) is 2. The van der Waals surface area contributed by atoms with Gasteiger partial charge >= 0.3 is 12.4 Å². The lowest BCUT2D eigenvalue weighted by Crippen LogP contribution is -2.30. The zero-order valence-corrected chi connectivity index (χ0v) is 16.0. The second kappa shape index (κ2) is 9.82. The van der Waals surface area contributed by atoms with Crippen LogP contribution in [0.4, 0.5) is 23.7 Å². The number of benzene rings is 3. The summed E-state index contributed by atoms with van der Waals surface area (Å²) in [5.41, 5.74) is 2.68. The monoisotopic (exact) mass is 414 g/mol. The molecule has 0 radical (unpaired) electrons. The maximum absolute atomic E-state index is 12.2. The predicted molar refractivity (Wildman–Crippen MR) is 109 cm³/mol. The van der Waals surface area contributed by atoms with Crippen molar-refractivity contribution in [3.63, 3.8) is 0 Å². The number of ether oxygens (including phenoxy) is 1. The van der Waals surface area contributed by atoms with Crippen LogP contribution in [0.5, 0.6) is 5.75 Å². The number of nitrogens with one attached hydrogen (secondary N) is 2. The van der Waals surface area contributed by atoms with E-state index in [1.807, 2.05) is 36.4 Å². The van der Waals surface area contributed by atoms with Gasteiger partial charge in [0.2, 0.25) is 0 Å². The minimum atomic E-state index is -4.75. The number of urea groups is 1. The van der Waals surface area contributed by atoms with E-state index in [1.165, 1.54) is 12.1 Å². The summed E-state index contributed by atoms with van der Waals surface area (Å²) in [6.07, 6.45) is -4.06. The van der Waals surface area contributed by atoms with E-state index in [0.717, 1.165) is 23.3 Å². The molecule has 3 rings (SSSR count). The van der Waals surface area contributed by atoms with Crippen LogP contribution in [0, 0.1) is 0 Å². The van der Waals surface area contributed by atoms with Gasteiger partial charge in [0, 0.05) is 18.2 Å². The molecule has 30 heavy (non-hydrogen) atoms. The quantitative estimate of drug-likeness (QED) is 0.504. The number of alkyl halides is 3. The summed E-state index contributed by atoms with van der Waals surface area (Å²) in [6, 6.07) is 24.6. The highest BCUT2D eigenvalue weighted by Crippen LogP contribution is 2.27. The van der Waals surface area contributed by atoms with E-state index in [9.17, 15) is 18.0 Å². The maximum atomic E-state index is 12.2. The van der Waals surface area contributed by atoms with Gasteiger partial charge in [-0.15, -0.1) is 13.2 Å². The fourth-order valence-electron chi connectivity index (χ4n) is 3.14. The van der Waals surface area contributed by atoms with Gasteiger partial charge in [0.15, 0.2) is 0 Å². The van der Waals surface area contributed by atoms with Crippen molar-refractivity contribution in [2.45, 2.75) is 18.7 Å². The largest absolute Gasteiger partial charge is 0.573 e. The number of amides is 2. The van der Waals surface area contributed by atoms with E-state index in [1.54, 1.807) is 0 Å². The summed E-state index contributed by atoms with van der Waals surface area (Å²) < 4.78 is 40.4. The summed E-state index contributed by atoms with van der Waals surface area (Å²) in [5.74, 6) is -0.214. The Balaban J connectivity index is 1.54. The number of rotatable bonds is 7. The molecule has 2 N–H and O–H groups in total. The Morgan fingerprint density at radius 2 is 1.37 bits per heavy atom. The molecule has 7 heteroatoms. The smallest absolute Gasteiger partial charge is 0.406 e. The first kappa shape index (κ1) is 21.2. The second-order valence-corrected chi connectivity index (χ2v) is 6.62. The van der Waals surface area contributed by atoms with Crippen molar-refractivity contribution in [1.82, 2.24) is 5.32 Å². The Morgan fingerprint density at radius 3 is 1.87 bits per heavy atom. The number of hydrogen-bond acceptors (Lipinski definition) is 2. The predicted octanol–water partition coefficient (Wildman–Crippen LogP) is 5.93. The van der Waals surface area contributed by atoms with Gasteiger partial charge < -0.3 is 15.4 Å². The minimum Gasteiger partial charge on any atom is -0.406 e. The molecule has 0 aliphatic rings. The van der Waals surface area contributed by atoms with Crippen LogP contribution in [0.15, 0.2) is 84.9 Å². The minimum absolute atomic E-state index is 0.131. The van der Waals surface area contributed by atoms with E-state index >= 15 is 0 Å². The van der Waals surface area contributed by atoms with Crippen LogP contribution in [0.25, 0.3) is 0 Å². The molecular formula is C23H21F3N2O2. The molecule has 0 saturated heterocycles. The normalized spacial score (nSPS) is 11.2. The molecule has 3 aromatic carbocycles. The van der Waals surface area contributed by atoms with Crippen LogP contribution in [0.3, 0.4) is 0 Å². The van der Waals surface area contributed by atoms with Crippen LogP contribution in [0.1, 0.15) is 23.5 Å². The Kier molecular flexibility index (Phi) is 6.95. The lowest BCUT2D eigenvalue weighted by atomic mass is 9.88. The number of carbonyl (C=O) groups excluding carboxylic acids is 1. The lowest BCUT2D eigenvalue weighted by Gasteiger charge is -2.18. The zero-order chi connectivity index (χ0) is 21.4. The standard InChI is InChI=1S/C23H21F3N2O2/c24-23(25,26)30-20-13-11-19(12-14-20)28-22(29)27-16-15-21(17-7-3-1-4-8-17)18-9-5-2-6-10-18/h1-14,21H,15-16H2,(H2,27,28,29). The summed E-state index contributed by atoms with van der Waals surface area (Å²) in [5, 5.41) is 5.39. The van der Waals surface area contributed by atoms with E-state index in [4.69, 9.17) is 0 Å². The highest BCUT2D eigenvalue weighted by atomic mass is 19.4. The average Bonchev–Trinajstić information content (AvgIpc) is 2.73. The van der Waals surface area contributed by atoms with Gasteiger partial charge in [-0.25, -0.2) is 4.79 Å². The van der Waals surface area contributed by atoms with Crippen molar-refractivity contribution in [3.05, 3.63) is 96.1 Å². The van der Waals surface area contributed by atoms with Gasteiger partial charge in [-0.3, -0.25) is 0 Å². The highest BCUT2D eigenvalue weighted by Gasteiger charge is 2.30. The molecule has 0 heterocycles. The van der Waals surface area contributed by atoms with Crippen LogP contribution in [0.2, 0.25) is 0 Å². The molecule has 0 unspecified atom stereocenters. The van der Waals surface area contributed by atoms with Crippen molar-refractivity contribution in [2.24, 2.45) is 0 Å². The fraction of sp³-hybridized carbons (Fsp3) is 0.174. The van der Waals surface area contributed by atoms with E-state index < -0.39 is 12.4 Å². The van der Waals surface area contributed by atoms with E-state index in [2.05, 4.69) is 39.6 Å². The van der Waals surface area contributed by atoms with Gasteiger partial charge in [0.05, 0.1) is 0 Å². The molecule has 156 valence electrons. The Bertz CT molecular complexity index is 891. The SMILES string of the molecule is O=C(NCCC(c1ccccc1)c1ccccc1)Nc1ccc(OC(F)(F)F)cc1. The van der Waals surface area contributed by atoms with Crippen LogP contribution >= 0.6 is 0 Å². The number of carbonyl (C=O) groups is 1. The molecule has 0 spiro atoms. The molecule has 2 amide bonds. The summed E-state index contributed by atoms with van der Waals surface area (Å²) in [7, 11) is 0. The first-order chi connectivity index (χ1) is 14.4. The maximum Gasteiger partial charge on any atom is 0.573 e. The van der Waals surface area contributed by atoms with Crippen molar-refractivity contribution in [1.29, 1.82) is 0 Å². The molecule has 0 saturated carbocycles. The molecule has 4 nitrogen and oxygen atoms in total. The summed E-state index contributed by atoms with van der Waals surface area (Å²) in [6.45, 7) is 0.426. The molecule has 0 bridgehead atoms. The average molecular weight is 414 g/mol. The fourth-order valence-corrected chi connectivity index (χ4v) is 3.14. The van der Waals surface area contributed by atoms with Gasteiger partial charge in [-0.1, -0.05) is 60.7 Å². The first-order valence-electron chi connectivity index (χ1n) is 9.41. The molecule has 0 aliphatic carbocycles. The van der Waals surface area contributed by atoms with Gasteiger partial charge in [0.1, 0.15) is 5.75 Å². The van der Waals surface area contributed by atoms with Crippen molar-refractivity contribution < 1.29 is 22.7 Å².